The zero-order valence-electron chi connectivity index (χ0n) is 8.41. The lowest BCUT2D eigenvalue weighted by molar-refractivity contribution is 0.608. The van der Waals surface area contributed by atoms with Gasteiger partial charge in [0, 0.05) is 28.5 Å². The van der Waals surface area contributed by atoms with Gasteiger partial charge < -0.3 is 0 Å². The van der Waals surface area contributed by atoms with E-state index >= 15 is 0 Å². The quantitative estimate of drug-likeness (QED) is 0.749. The second-order valence-electron chi connectivity index (χ2n) is 3.15. The Morgan fingerprint density at radius 1 is 1.43 bits per heavy atom. The molecular formula is C8H13ClN2O2S. The summed E-state index contributed by atoms with van der Waals surface area (Å²) in [4.78, 5) is 0. The van der Waals surface area contributed by atoms with E-state index in [1.807, 2.05) is 13.8 Å². The number of hydrogen-bond acceptors (Lipinski definition) is 3. The van der Waals surface area contributed by atoms with E-state index in [0.29, 0.717) is 5.56 Å². The second-order valence-corrected chi connectivity index (χ2v) is 5.93. The molecule has 1 rings (SSSR count). The number of nitrogens with zero attached hydrogens (tertiary/aromatic N) is 2. The Morgan fingerprint density at radius 3 is 2.36 bits per heavy atom. The summed E-state index contributed by atoms with van der Waals surface area (Å²) in [5.41, 5.74) is 2.31. The summed E-state index contributed by atoms with van der Waals surface area (Å²) >= 11 is 0. The molecule has 4 nitrogen and oxygen atoms in total. The van der Waals surface area contributed by atoms with Crippen LogP contribution in [-0.4, -0.2) is 18.2 Å². The van der Waals surface area contributed by atoms with Crippen molar-refractivity contribution in [2.24, 2.45) is 0 Å². The van der Waals surface area contributed by atoms with Gasteiger partial charge in [-0.05, 0) is 20.8 Å². The van der Waals surface area contributed by atoms with Crippen LogP contribution in [0, 0.1) is 13.8 Å². The molecule has 0 fully saturated rings. The van der Waals surface area contributed by atoms with Crippen LogP contribution in [0.1, 0.15) is 23.9 Å². The van der Waals surface area contributed by atoms with Crippen molar-refractivity contribution >= 4 is 19.7 Å². The minimum Gasteiger partial charge on any atom is -0.270 e. The first kappa shape index (κ1) is 11.5. The van der Waals surface area contributed by atoms with Crippen molar-refractivity contribution < 1.29 is 8.42 Å². The molecule has 1 aromatic rings. The first-order valence-electron chi connectivity index (χ1n) is 4.30. The molecule has 80 valence electrons. The van der Waals surface area contributed by atoms with E-state index in [0.717, 1.165) is 17.9 Å². The molecule has 1 heterocycles. The molecule has 0 aliphatic heterocycles. The monoisotopic (exact) mass is 236 g/mol. The van der Waals surface area contributed by atoms with E-state index in [-0.39, 0.29) is 5.75 Å². The van der Waals surface area contributed by atoms with Crippen molar-refractivity contribution in [1.82, 2.24) is 9.78 Å². The average Bonchev–Trinajstić information content (AvgIpc) is 2.29. The van der Waals surface area contributed by atoms with Gasteiger partial charge in [0.05, 0.1) is 11.4 Å². The number of halogens is 1. The molecule has 14 heavy (non-hydrogen) atoms. The molecule has 0 aliphatic carbocycles. The fourth-order valence-corrected chi connectivity index (χ4v) is 2.51. The number of aryl methyl sites for hydroxylation is 2. The van der Waals surface area contributed by atoms with Crippen LogP contribution < -0.4 is 0 Å². The Kier molecular flexibility index (Phi) is 3.21. The molecule has 0 radical (unpaired) electrons. The maximum Gasteiger partial charge on any atom is 0.236 e. The van der Waals surface area contributed by atoms with Crippen molar-refractivity contribution in [3.05, 3.63) is 17.0 Å². The molecule has 0 saturated carbocycles. The van der Waals surface area contributed by atoms with Crippen LogP contribution in [0.25, 0.3) is 0 Å². The third-order valence-electron chi connectivity index (χ3n) is 2.15. The van der Waals surface area contributed by atoms with Gasteiger partial charge in [-0.1, -0.05) is 0 Å². The Bertz CT molecular complexity index is 436. The van der Waals surface area contributed by atoms with Crippen LogP contribution in [0.5, 0.6) is 0 Å². The average molecular weight is 237 g/mol. The van der Waals surface area contributed by atoms with Crippen LogP contribution in [0.3, 0.4) is 0 Å². The van der Waals surface area contributed by atoms with Crippen LogP contribution in [0.15, 0.2) is 0 Å². The van der Waals surface area contributed by atoms with Gasteiger partial charge in [-0.2, -0.15) is 5.10 Å². The third-order valence-corrected chi connectivity index (χ3v) is 3.11. The van der Waals surface area contributed by atoms with E-state index in [9.17, 15) is 8.42 Å². The predicted molar refractivity (Wildman–Crippen MR) is 55.9 cm³/mol. The summed E-state index contributed by atoms with van der Waals surface area (Å²) in [5.74, 6) is -0.147. The van der Waals surface area contributed by atoms with Crippen LogP contribution in [0.2, 0.25) is 0 Å². The van der Waals surface area contributed by atoms with Crippen molar-refractivity contribution in [2.45, 2.75) is 33.1 Å². The smallest absolute Gasteiger partial charge is 0.236 e. The van der Waals surface area contributed by atoms with E-state index in [4.69, 9.17) is 10.7 Å². The van der Waals surface area contributed by atoms with Crippen molar-refractivity contribution in [3.63, 3.8) is 0 Å². The lowest BCUT2D eigenvalue weighted by atomic mass is 10.2. The van der Waals surface area contributed by atoms with Gasteiger partial charge in [0.15, 0.2) is 0 Å². The van der Waals surface area contributed by atoms with Crippen LogP contribution >= 0.6 is 10.7 Å². The highest BCUT2D eigenvalue weighted by molar-refractivity contribution is 8.13. The summed E-state index contributed by atoms with van der Waals surface area (Å²) in [6.45, 7) is 6.32. The second kappa shape index (κ2) is 3.90. The maximum absolute atomic E-state index is 10.9. The van der Waals surface area contributed by atoms with E-state index in [1.165, 1.54) is 0 Å². The van der Waals surface area contributed by atoms with Gasteiger partial charge in [-0.25, -0.2) is 8.42 Å². The zero-order valence-corrected chi connectivity index (χ0v) is 9.98. The van der Waals surface area contributed by atoms with Gasteiger partial charge in [0.25, 0.3) is 0 Å². The Hall–Kier alpha value is -0.550. The summed E-state index contributed by atoms with van der Waals surface area (Å²) in [7, 11) is 1.70. The molecule has 0 bridgehead atoms. The highest BCUT2D eigenvalue weighted by atomic mass is 35.7. The molecule has 0 atom stereocenters. The number of hydrogen-bond donors (Lipinski definition) is 0. The van der Waals surface area contributed by atoms with Crippen LogP contribution in [0.4, 0.5) is 0 Å². The molecule has 6 heteroatoms. The number of aromatic nitrogens is 2. The molecule has 0 N–H and O–H groups in total. The first-order chi connectivity index (χ1) is 6.35. The molecule has 0 aromatic carbocycles. The normalized spacial score (nSPS) is 12.0. The van der Waals surface area contributed by atoms with Crippen LogP contribution in [-0.2, 0) is 21.3 Å². The molecule has 0 unspecified atom stereocenters. The molecule has 1 aromatic heterocycles. The van der Waals surface area contributed by atoms with Gasteiger partial charge in [-0.3, -0.25) is 4.68 Å². The van der Waals surface area contributed by atoms with E-state index < -0.39 is 9.05 Å². The highest BCUT2D eigenvalue weighted by Gasteiger charge is 2.16. The minimum atomic E-state index is -3.50. The first-order valence-corrected chi connectivity index (χ1v) is 6.78. The molecule has 0 amide bonds. The molecule has 0 spiro atoms. The predicted octanol–water partition coefficient (Wildman–Crippen LogP) is 1.59. The highest BCUT2D eigenvalue weighted by Crippen LogP contribution is 2.17. The fraction of sp³-hybridized carbons (Fsp3) is 0.625. The van der Waals surface area contributed by atoms with Crippen molar-refractivity contribution in [1.29, 1.82) is 0 Å². The SMILES string of the molecule is CCn1nc(C)c(CS(=O)(=O)Cl)c1C. The molecule has 0 saturated heterocycles. The minimum absolute atomic E-state index is 0.147. The Labute approximate surface area is 88.3 Å². The standard InChI is InChI=1S/C8H13ClN2O2S/c1-4-11-7(3)8(6(2)10-11)5-14(9,12)13/h4-5H2,1-3H3. The van der Waals surface area contributed by atoms with Gasteiger partial charge in [-0.15, -0.1) is 0 Å². The Morgan fingerprint density at radius 2 is 2.00 bits per heavy atom. The fourth-order valence-electron chi connectivity index (χ4n) is 1.42. The van der Waals surface area contributed by atoms with Gasteiger partial charge in [0.2, 0.25) is 9.05 Å². The van der Waals surface area contributed by atoms with E-state index in [2.05, 4.69) is 5.10 Å². The maximum atomic E-state index is 10.9. The Balaban J connectivity index is 3.15. The topological polar surface area (TPSA) is 52.0 Å². The lowest BCUT2D eigenvalue weighted by Gasteiger charge is -2.00. The summed E-state index contributed by atoms with van der Waals surface area (Å²) < 4.78 is 23.6. The third kappa shape index (κ3) is 2.48. The van der Waals surface area contributed by atoms with Crippen molar-refractivity contribution in [2.75, 3.05) is 0 Å². The summed E-state index contributed by atoms with van der Waals surface area (Å²) in [6.07, 6.45) is 0. The largest absolute Gasteiger partial charge is 0.270 e. The lowest BCUT2D eigenvalue weighted by Crippen LogP contribution is -2.01. The van der Waals surface area contributed by atoms with Gasteiger partial charge >= 0.3 is 0 Å². The summed E-state index contributed by atoms with van der Waals surface area (Å²) in [6, 6.07) is 0. The molecular weight excluding hydrogens is 224 g/mol. The van der Waals surface area contributed by atoms with Gasteiger partial charge in [0.1, 0.15) is 0 Å². The zero-order chi connectivity index (χ0) is 10.9. The number of rotatable bonds is 3. The van der Waals surface area contributed by atoms with E-state index in [1.54, 1.807) is 11.6 Å². The summed E-state index contributed by atoms with van der Waals surface area (Å²) in [5, 5.41) is 4.21. The van der Waals surface area contributed by atoms with Crippen molar-refractivity contribution in [3.8, 4) is 0 Å². The molecule has 0 aliphatic rings.